The van der Waals surface area contributed by atoms with Crippen molar-refractivity contribution in [1.29, 1.82) is 0 Å². The van der Waals surface area contributed by atoms with E-state index >= 15 is 0 Å². The summed E-state index contributed by atoms with van der Waals surface area (Å²) in [6.07, 6.45) is 10.2. The van der Waals surface area contributed by atoms with E-state index in [0.29, 0.717) is 0 Å². The van der Waals surface area contributed by atoms with E-state index in [1.807, 2.05) is 54.6 Å². The van der Waals surface area contributed by atoms with Gasteiger partial charge in [-0.1, -0.05) is 53.8 Å². The molecule has 0 N–H and O–H groups in total. The van der Waals surface area contributed by atoms with Crippen molar-refractivity contribution in [2.24, 2.45) is 0 Å². The van der Waals surface area contributed by atoms with Crippen LogP contribution < -0.4 is 9.76 Å². The molecule has 0 saturated heterocycles. The number of hydrogen-bond donors (Lipinski definition) is 0. The molecule has 2 aromatic carbocycles. The van der Waals surface area contributed by atoms with Gasteiger partial charge in [0.05, 0.1) is 0 Å². The molecule has 1 aliphatic carbocycles. The van der Waals surface area contributed by atoms with Crippen molar-refractivity contribution >= 4 is 24.8 Å². The second-order valence-corrected chi connectivity index (χ2v) is 5.33. The molecule has 2 nitrogen and oxygen atoms in total. The van der Waals surface area contributed by atoms with Crippen molar-refractivity contribution in [1.82, 2.24) is 0 Å². The summed E-state index contributed by atoms with van der Waals surface area (Å²) < 4.78 is 28.9. The molecule has 0 spiro atoms. The maximum absolute atomic E-state index is 12.3. The Morgan fingerprint density at radius 3 is 2.35 bits per heavy atom. The smallest absolute Gasteiger partial charge is 0.872 e. The van der Waals surface area contributed by atoms with Gasteiger partial charge >= 0.3 is 24.5 Å². The summed E-state index contributed by atoms with van der Waals surface area (Å²) in [5.74, 6) is -0.647. The van der Waals surface area contributed by atoms with Crippen LogP contribution in [0.2, 0.25) is 5.02 Å². The number of rotatable bonds is 4. The first kappa shape index (κ1) is 21.9. The Balaban J connectivity index is 0.000000486. The van der Waals surface area contributed by atoms with E-state index < -0.39 is 13.2 Å². The molecule has 0 saturated carbocycles. The normalized spacial score (nSPS) is 12.1. The fourth-order valence-electron chi connectivity index (χ4n) is 1.98. The van der Waals surface area contributed by atoms with Gasteiger partial charge in [0.2, 0.25) is 0 Å². The van der Waals surface area contributed by atoms with Crippen LogP contribution >= 0.6 is 11.6 Å². The van der Waals surface area contributed by atoms with Gasteiger partial charge in [-0.25, -0.2) is 20.8 Å². The molecule has 0 amide bonds. The third kappa shape index (κ3) is 7.40. The Kier molecular flexibility index (Phi) is 9.67. The van der Waals surface area contributed by atoms with Crippen LogP contribution in [0.3, 0.4) is 0 Å². The monoisotopic (exact) mass is 414 g/mol. The van der Waals surface area contributed by atoms with Crippen molar-refractivity contribution in [3.63, 3.8) is 0 Å². The zero-order chi connectivity index (χ0) is 18.1. The van der Waals surface area contributed by atoms with E-state index in [-0.39, 0.29) is 33.4 Å². The maximum atomic E-state index is 12.3. The van der Waals surface area contributed by atoms with Gasteiger partial charge in [0.1, 0.15) is 5.75 Å². The van der Waals surface area contributed by atoms with Crippen molar-refractivity contribution in [3.05, 3.63) is 101 Å². The first-order valence-corrected chi connectivity index (χ1v) is 7.79. The first-order chi connectivity index (χ1) is 12.1. The Morgan fingerprint density at radius 2 is 1.81 bits per heavy atom. The minimum Gasteiger partial charge on any atom is -0.872 e. The summed E-state index contributed by atoms with van der Waals surface area (Å²) in [4.78, 5) is 0. The van der Waals surface area contributed by atoms with Crippen molar-refractivity contribution in [3.8, 4) is 5.75 Å². The molecule has 3 rings (SSSR count). The average Bonchev–Trinajstić information content (AvgIpc) is 3.30. The second-order valence-electron chi connectivity index (χ2n) is 4.90. The molecule has 0 atom stereocenters. The quantitative estimate of drug-likeness (QED) is 0.409. The predicted octanol–water partition coefficient (Wildman–Crippen LogP) is 4.80. The first-order valence-electron chi connectivity index (χ1n) is 7.41. The van der Waals surface area contributed by atoms with Gasteiger partial charge in [-0.2, -0.15) is 18.2 Å². The van der Waals surface area contributed by atoms with Gasteiger partial charge < -0.3 is 9.76 Å². The average molecular weight is 414 g/mol. The molecule has 0 heterocycles. The summed E-state index contributed by atoms with van der Waals surface area (Å²) in [6, 6.07) is 13.9. The SMILES string of the molecule is [Fe+2].[O-]/C(=C\C=C1C=CC=C1)c1cc(Cl)ccc1OB(F)F.c1cc[cH-]c1. The van der Waals surface area contributed by atoms with Crippen LogP contribution in [0.1, 0.15) is 5.56 Å². The molecule has 0 radical (unpaired) electrons. The van der Waals surface area contributed by atoms with Gasteiger partial charge in [-0.05, 0) is 23.8 Å². The molecule has 2 aromatic rings. The van der Waals surface area contributed by atoms with E-state index in [2.05, 4.69) is 4.65 Å². The molecule has 7 heteroatoms. The van der Waals surface area contributed by atoms with Crippen LogP contribution in [0.15, 0.2) is 90.6 Å². The van der Waals surface area contributed by atoms with Crippen LogP contribution in [-0.2, 0) is 17.1 Å². The number of hydrogen-bond acceptors (Lipinski definition) is 2. The van der Waals surface area contributed by atoms with Crippen LogP contribution in [-0.4, -0.2) is 7.47 Å². The summed E-state index contributed by atoms with van der Waals surface area (Å²) >= 11 is 5.78. The Labute approximate surface area is 167 Å². The van der Waals surface area contributed by atoms with Gasteiger partial charge in [-0.3, -0.25) is 0 Å². The fourth-order valence-corrected chi connectivity index (χ4v) is 2.15. The molecule has 0 fully saturated rings. The Bertz CT molecular complexity index is 769. The van der Waals surface area contributed by atoms with E-state index in [1.165, 1.54) is 24.3 Å². The molecule has 1 aliphatic rings. The van der Waals surface area contributed by atoms with Crippen LogP contribution in [0.4, 0.5) is 8.63 Å². The zero-order valence-corrected chi connectivity index (χ0v) is 15.3. The molecule has 0 aromatic heterocycles. The van der Waals surface area contributed by atoms with E-state index in [0.717, 1.165) is 5.57 Å². The maximum Gasteiger partial charge on any atom is 2.00 e. The number of halogens is 3. The molecular formula is C19H14BClF2FeO2. The molecule has 0 bridgehead atoms. The van der Waals surface area contributed by atoms with Crippen LogP contribution in [0.25, 0.3) is 5.76 Å². The summed E-state index contributed by atoms with van der Waals surface area (Å²) in [6.45, 7) is 0. The number of allylic oxidation sites excluding steroid dienone is 7. The number of benzene rings is 1. The predicted molar refractivity (Wildman–Crippen MR) is 96.4 cm³/mol. The van der Waals surface area contributed by atoms with Crippen molar-refractivity contribution < 1.29 is 35.5 Å². The van der Waals surface area contributed by atoms with E-state index in [1.54, 1.807) is 6.08 Å². The minimum absolute atomic E-state index is 0. The fraction of sp³-hybridized carbons (Fsp3) is 0. The van der Waals surface area contributed by atoms with Crippen LogP contribution in [0, 0.1) is 0 Å². The van der Waals surface area contributed by atoms with Gasteiger partial charge in [-0.15, -0.1) is 0 Å². The van der Waals surface area contributed by atoms with Crippen molar-refractivity contribution in [2.75, 3.05) is 0 Å². The Hall–Kier alpha value is -2.14. The molecule has 26 heavy (non-hydrogen) atoms. The van der Waals surface area contributed by atoms with Crippen LogP contribution in [0.5, 0.6) is 5.75 Å². The summed E-state index contributed by atoms with van der Waals surface area (Å²) in [5, 5.41) is 12.3. The standard InChI is InChI=1S/C14H10BClF2O2.C5H5.Fe/c16-11-6-8-14(20-15(17)18)12(9-11)13(19)7-5-10-3-1-2-4-10;1-2-4-5-3-1;/h1-9,19H;1-5H;/q;-1;+2/p-1/b13-7-;;. The van der Waals surface area contributed by atoms with Gasteiger partial charge in [0.15, 0.2) is 0 Å². The van der Waals surface area contributed by atoms with Gasteiger partial charge in [0.25, 0.3) is 0 Å². The summed E-state index contributed by atoms with van der Waals surface area (Å²) in [5.41, 5.74) is 0.845. The summed E-state index contributed by atoms with van der Waals surface area (Å²) in [7, 11) is -3.00. The Morgan fingerprint density at radius 1 is 1.15 bits per heavy atom. The topological polar surface area (TPSA) is 32.3 Å². The molecular weight excluding hydrogens is 400 g/mol. The van der Waals surface area contributed by atoms with E-state index in [9.17, 15) is 13.7 Å². The largest absolute Gasteiger partial charge is 2.00 e. The van der Waals surface area contributed by atoms with E-state index in [4.69, 9.17) is 11.6 Å². The van der Waals surface area contributed by atoms with Gasteiger partial charge in [0, 0.05) is 10.6 Å². The third-order valence-corrected chi connectivity index (χ3v) is 3.33. The second kappa shape index (κ2) is 11.5. The van der Waals surface area contributed by atoms with Crippen molar-refractivity contribution in [2.45, 2.75) is 0 Å². The third-order valence-electron chi connectivity index (χ3n) is 3.09. The molecule has 134 valence electrons. The molecule has 0 unspecified atom stereocenters. The minimum atomic E-state index is -3.00. The molecule has 0 aliphatic heterocycles. The zero-order valence-electron chi connectivity index (χ0n) is 13.5.